The van der Waals surface area contributed by atoms with E-state index in [1.54, 1.807) is 6.20 Å². The first kappa shape index (κ1) is 12.1. The average molecular weight is 290 g/mol. The van der Waals surface area contributed by atoms with E-state index in [4.69, 9.17) is 0 Å². The highest BCUT2D eigenvalue weighted by atomic mass is 16.2. The second kappa shape index (κ2) is 3.46. The van der Waals surface area contributed by atoms with Gasteiger partial charge in [0.05, 0.1) is 11.1 Å². The molecule has 1 aromatic heterocycles. The molecule has 4 nitrogen and oxygen atoms in total. The Hall–Kier alpha value is -2.49. The van der Waals surface area contributed by atoms with Gasteiger partial charge in [0.2, 0.25) is 11.8 Å². The standard InChI is InChI=1S/C18H14N2O2/c1-17-9-12-10-5-2-3-7-13(10)18(17,16(22)20-15(17)21)14-11(12)6-4-8-19-14/h2-8,12H,9H2,1H3,(H,20,21,22). The fraction of sp³-hybridized carbons (Fsp3) is 0.278. The molecule has 4 aliphatic rings. The number of hydrogen-bond donors (Lipinski definition) is 1. The second-order valence-corrected chi connectivity index (χ2v) is 6.65. The normalized spacial score (nSPS) is 34.0. The van der Waals surface area contributed by atoms with Crippen molar-refractivity contribution in [3.05, 3.63) is 65.0 Å². The van der Waals surface area contributed by atoms with Crippen LogP contribution in [0.15, 0.2) is 42.6 Å². The van der Waals surface area contributed by atoms with Crippen molar-refractivity contribution in [2.24, 2.45) is 5.41 Å². The third-order valence-electron chi connectivity index (χ3n) is 5.82. The molecule has 1 spiro atoms. The van der Waals surface area contributed by atoms with E-state index in [9.17, 15) is 9.59 Å². The van der Waals surface area contributed by atoms with Gasteiger partial charge in [-0.15, -0.1) is 0 Å². The van der Waals surface area contributed by atoms with Gasteiger partial charge >= 0.3 is 0 Å². The number of pyridine rings is 1. The lowest BCUT2D eigenvalue weighted by Gasteiger charge is -2.52. The molecule has 1 saturated heterocycles. The average Bonchev–Trinajstić information content (AvgIpc) is 2.75. The number of imide groups is 1. The topological polar surface area (TPSA) is 59.1 Å². The van der Waals surface area contributed by atoms with Crippen LogP contribution in [0.1, 0.15) is 41.6 Å². The number of carbonyl (C=O) groups excluding carboxylic acids is 2. The van der Waals surface area contributed by atoms with E-state index < -0.39 is 10.8 Å². The van der Waals surface area contributed by atoms with Gasteiger partial charge in [0.1, 0.15) is 5.41 Å². The Morgan fingerprint density at radius 2 is 1.86 bits per heavy atom. The van der Waals surface area contributed by atoms with Gasteiger partial charge < -0.3 is 0 Å². The molecule has 2 aromatic rings. The Morgan fingerprint density at radius 1 is 1.09 bits per heavy atom. The number of benzene rings is 1. The fourth-order valence-electron chi connectivity index (χ4n) is 4.87. The van der Waals surface area contributed by atoms with Crippen LogP contribution in [0, 0.1) is 5.41 Å². The predicted molar refractivity (Wildman–Crippen MR) is 79.2 cm³/mol. The van der Waals surface area contributed by atoms with E-state index in [-0.39, 0.29) is 17.7 Å². The maximum absolute atomic E-state index is 13.0. The van der Waals surface area contributed by atoms with Crippen LogP contribution in [-0.4, -0.2) is 16.8 Å². The summed E-state index contributed by atoms with van der Waals surface area (Å²) >= 11 is 0. The van der Waals surface area contributed by atoms with E-state index in [0.29, 0.717) is 6.42 Å². The van der Waals surface area contributed by atoms with Crippen molar-refractivity contribution in [1.82, 2.24) is 10.3 Å². The number of amides is 2. The summed E-state index contributed by atoms with van der Waals surface area (Å²) in [6.07, 6.45) is 2.37. The number of nitrogens with one attached hydrogen (secondary N) is 1. The first-order valence-corrected chi connectivity index (χ1v) is 7.51. The Balaban J connectivity index is 2.01. The minimum atomic E-state index is -0.980. The first-order valence-electron chi connectivity index (χ1n) is 7.51. The lowest BCUT2D eigenvalue weighted by atomic mass is 9.46. The molecule has 0 radical (unpaired) electrons. The van der Waals surface area contributed by atoms with Gasteiger partial charge in [0, 0.05) is 12.1 Å². The molecule has 3 aliphatic carbocycles. The summed E-state index contributed by atoms with van der Waals surface area (Å²) in [4.78, 5) is 30.1. The molecule has 3 unspecified atom stereocenters. The van der Waals surface area contributed by atoms with Crippen molar-refractivity contribution in [2.75, 3.05) is 0 Å². The number of rotatable bonds is 0. The van der Waals surface area contributed by atoms with Gasteiger partial charge in [-0.1, -0.05) is 30.3 Å². The molecule has 2 amide bonds. The molecule has 1 N–H and O–H groups in total. The monoisotopic (exact) mass is 290 g/mol. The predicted octanol–water partition coefficient (Wildman–Crippen LogP) is 1.88. The van der Waals surface area contributed by atoms with Crippen LogP contribution >= 0.6 is 0 Å². The van der Waals surface area contributed by atoms with Crippen LogP contribution in [-0.2, 0) is 15.0 Å². The highest BCUT2D eigenvalue weighted by molar-refractivity contribution is 6.15. The molecule has 108 valence electrons. The summed E-state index contributed by atoms with van der Waals surface area (Å²) in [5.41, 5.74) is 2.21. The van der Waals surface area contributed by atoms with Crippen LogP contribution in [0.5, 0.6) is 0 Å². The van der Waals surface area contributed by atoms with E-state index in [2.05, 4.69) is 16.4 Å². The van der Waals surface area contributed by atoms with Gasteiger partial charge in [-0.05, 0) is 36.1 Å². The molecular formula is C18H14N2O2. The molecule has 6 rings (SSSR count). The highest BCUT2D eigenvalue weighted by Gasteiger charge is 2.72. The molecule has 1 aromatic carbocycles. The van der Waals surface area contributed by atoms with Gasteiger partial charge in [-0.25, -0.2) is 0 Å². The lowest BCUT2D eigenvalue weighted by Crippen LogP contribution is -2.56. The smallest absolute Gasteiger partial charge is 0.244 e. The number of carbonyl (C=O) groups is 2. The molecule has 1 fully saturated rings. The van der Waals surface area contributed by atoms with Crippen molar-refractivity contribution < 1.29 is 9.59 Å². The van der Waals surface area contributed by atoms with Crippen LogP contribution in [0.2, 0.25) is 0 Å². The van der Waals surface area contributed by atoms with E-state index >= 15 is 0 Å². The first-order chi connectivity index (χ1) is 10.6. The molecule has 3 atom stereocenters. The van der Waals surface area contributed by atoms with Crippen LogP contribution < -0.4 is 5.32 Å². The molecule has 1 aliphatic heterocycles. The van der Waals surface area contributed by atoms with Crippen molar-refractivity contribution in [1.29, 1.82) is 0 Å². The van der Waals surface area contributed by atoms with Crippen molar-refractivity contribution in [2.45, 2.75) is 24.7 Å². The molecule has 4 heteroatoms. The van der Waals surface area contributed by atoms with Crippen LogP contribution in [0.3, 0.4) is 0 Å². The summed E-state index contributed by atoms with van der Waals surface area (Å²) < 4.78 is 0. The lowest BCUT2D eigenvalue weighted by molar-refractivity contribution is -0.129. The Morgan fingerprint density at radius 3 is 2.73 bits per heavy atom. The maximum Gasteiger partial charge on any atom is 0.244 e. The van der Waals surface area contributed by atoms with Gasteiger partial charge in [0.15, 0.2) is 0 Å². The number of aromatic nitrogens is 1. The highest BCUT2D eigenvalue weighted by Crippen LogP contribution is 2.65. The van der Waals surface area contributed by atoms with Crippen LogP contribution in [0.25, 0.3) is 0 Å². The maximum atomic E-state index is 13.0. The zero-order valence-corrected chi connectivity index (χ0v) is 12.1. The largest absolute Gasteiger partial charge is 0.295 e. The van der Waals surface area contributed by atoms with Crippen molar-refractivity contribution in [3.63, 3.8) is 0 Å². The zero-order chi connectivity index (χ0) is 15.1. The molecule has 2 bridgehead atoms. The summed E-state index contributed by atoms with van der Waals surface area (Å²) in [7, 11) is 0. The third-order valence-corrected chi connectivity index (χ3v) is 5.82. The Labute approximate surface area is 127 Å². The van der Waals surface area contributed by atoms with Gasteiger partial charge in [-0.3, -0.25) is 19.9 Å². The summed E-state index contributed by atoms with van der Waals surface area (Å²) in [5, 5.41) is 2.58. The molecule has 0 saturated carbocycles. The number of hydrogen-bond acceptors (Lipinski definition) is 3. The van der Waals surface area contributed by atoms with Gasteiger partial charge in [-0.2, -0.15) is 0 Å². The number of nitrogens with zero attached hydrogens (tertiary/aromatic N) is 1. The van der Waals surface area contributed by atoms with Crippen molar-refractivity contribution >= 4 is 11.8 Å². The second-order valence-electron chi connectivity index (χ2n) is 6.65. The van der Waals surface area contributed by atoms with Crippen LogP contribution in [0.4, 0.5) is 0 Å². The molecule has 2 heterocycles. The Kier molecular flexibility index (Phi) is 1.90. The minimum Gasteiger partial charge on any atom is -0.295 e. The van der Waals surface area contributed by atoms with E-state index in [1.165, 1.54) is 0 Å². The SMILES string of the molecule is CC12CC3c4ccccc4C1(C(=O)NC2=O)c1ncccc13. The van der Waals surface area contributed by atoms with Crippen molar-refractivity contribution in [3.8, 4) is 0 Å². The van der Waals surface area contributed by atoms with E-state index in [0.717, 1.165) is 22.4 Å². The third kappa shape index (κ3) is 0.988. The fourth-order valence-corrected chi connectivity index (χ4v) is 4.87. The summed E-state index contributed by atoms with van der Waals surface area (Å²) in [6, 6.07) is 11.9. The quantitative estimate of drug-likeness (QED) is 0.754. The molecule has 22 heavy (non-hydrogen) atoms. The summed E-state index contributed by atoms with van der Waals surface area (Å²) in [5.74, 6) is -0.276. The molecular weight excluding hydrogens is 276 g/mol. The minimum absolute atomic E-state index is 0.128. The van der Waals surface area contributed by atoms with E-state index in [1.807, 2.05) is 37.3 Å². The summed E-state index contributed by atoms with van der Waals surface area (Å²) in [6.45, 7) is 1.91. The Bertz CT molecular complexity index is 825. The zero-order valence-electron chi connectivity index (χ0n) is 12.1. The van der Waals surface area contributed by atoms with Gasteiger partial charge in [0.25, 0.3) is 0 Å².